The topological polar surface area (TPSA) is 76.7 Å². The summed E-state index contributed by atoms with van der Waals surface area (Å²) in [6, 6.07) is 21.8. The van der Waals surface area contributed by atoms with Crippen LogP contribution in [-0.4, -0.2) is 31.8 Å². The smallest absolute Gasteiger partial charge is 0.255 e. The molecule has 0 aliphatic heterocycles. The van der Waals surface area contributed by atoms with Gasteiger partial charge in [-0.05, 0) is 24.3 Å². The van der Waals surface area contributed by atoms with Crippen LogP contribution in [0.1, 0.15) is 10.4 Å². The molecule has 3 aromatic rings. The number of amides is 2. The number of ether oxygens (including phenoxy) is 2. The van der Waals surface area contributed by atoms with Crippen LogP contribution in [-0.2, 0) is 4.79 Å². The summed E-state index contributed by atoms with van der Waals surface area (Å²) in [7, 11) is 3.00. The van der Waals surface area contributed by atoms with E-state index in [2.05, 4.69) is 10.6 Å². The standard InChI is InChI=1S/C23H22N2O4S/c1-28-20-14-19(25-23(27)16-9-5-3-6-10-16)21(29-2)13-18(20)24-22(26)15-30-17-11-7-4-8-12-17/h3-14H,15H2,1-2H3,(H,24,26)(H,25,27). The fraction of sp³-hybridized carbons (Fsp3) is 0.130. The molecule has 0 aromatic heterocycles. The highest BCUT2D eigenvalue weighted by Gasteiger charge is 2.16. The number of carbonyl (C=O) groups excluding carboxylic acids is 2. The monoisotopic (exact) mass is 422 g/mol. The minimum absolute atomic E-state index is 0.176. The van der Waals surface area contributed by atoms with Crippen molar-refractivity contribution in [2.75, 3.05) is 30.6 Å². The molecule has 0 bridgehead atoms. The Bertz CT molecular complexity index is 1010. The molecule has 0 saturated heterocycles. The molecule has 3 aromatic carbocycles. The van der Waals surface area contributed by atoms with Crippen LogP contribution in [0.5, 0.6) is 11.5 Å². The Hall–Kier alpha value is -3.45. The van der Waals surface area contributed by atoms with Crippen molar-refractivity contribution < 1.29 is 19.1 Å². The zero-order valence-corrected chi connectivity index (χ0v) is 17.5. The Morgan fingerprint density at radius 1 is 0.800 bits per heavy atom. The molecule has 2 N–H and O–H groups in total. The van der Waals surface area contributed by atoms with Crippen LogP contribution in [0.25, 0.3) is 0 Å². The Labute approximate surface area is 179 Å². The second-order valence-corrected chi connectivity index (χ2v) is 7.27. The van der Waals surface area contributed by atoms with E-state index in [0.29, 0.717) is 28.4 Å². The van der Waals surface area contributed by atoms with Gasteiger partial charge in [-0.3, -0.25) is 9.59 Å². The molecule has 0 aliphatic carbocycles. The van der Waals surface area contributed by atoms with Gasteiger partial charge in [0.05, 0.1) is 31.3 Å². The molecule has 7 heteroatoms. The Kier molecular flexibility index (Phi) is 7.34. The van der Waals surface area contributed by atoms with Gasteiger partial charge in [0.1, 0.15) is 11.5 Å². The van der Waals surface area contributed by atoms with Crippen molar-refractivity contribution in [3.63, 3.8) is 0 Å². The Morgan fingerprint density at radius 3 is 1.90 bits per heavy atom. The van der Waals surface area contributed by atoms with E-state index in [-0.39, 0.29) is 17.6 Å². The highest BCUT2D eigenvalue weighted by molar-refractivity contribution is 8.00. The van der Waals surface area contributed by atoms with E-state index >= 15 is 0 Å². The summed E-state index contributed by atoms with van der Waals surface area (Å²) in [6.07, 6.45) is 0. The third kappa shape index (κ3) is 5.55. The van der Waals surface area contributed by atoms with Crippen molar-refractivity contribution in [2.24, 2.45) is 0 Å². The van der Waals surface area contributed by atoms with Gasteiger partial charge < -0.3 is 20.1 Å². The molecule has 0 fully saturated rings. The van der Waals surface area contributed by atoms with E-state index in [1.807, 2.05) is 36.4 Å². The maximum absolute atomic E-state index is 12.5. The van der Waals surface area contributed by atoms with Crippen molar-refractivity contribution in [3.8, 4) is 11.5 Å². The summed E-state index contributed by atoms with van der Waals surface area (Å²) in [5.41, 5.74) is 1.43. The first-order chi connectivity index (χ1) is 14.6. The van der Waals surface area contributed by atoms with Gasteiger partial charge in [-0.1, -0.05) is 36.4 Å². The van der Waals surface area contributed by atoms with Gasteiger partial charge in [0.15, 0.2) is 0 Å². The molecule has 0 aliphatic rings. The molecule has 0 atom stereocenters. The van der Waals surface area contributed by atoms with E-state index in [0.717, 1.165) is 4.90 Å². The number of hydrogen-bond acceptors (Lipinski definition) is 5. The maximum atomic E-state index is 12.5. The number of hydrogen-bond donors (Lipinski definition) is 2. The predicted molar refractivity (Wildman–Crippen MR) is 120 cm³/mol. The van der Waals surface area contributed by atoms with Crippen LogP contribution in [0.3, 0.4) is 0 Å². The molecular formula is C23H22N2O4S. The van der Waals surface area contributed by atoms with Crippen LogP contribution < -0.4 is 20.1 Å². The normalized spacial score (nSPS) is 10.2. The van der Waals surface area contributed by atoms with Crippen molar-refractivity contribution in [1.82, 2.24) is 0 Å². The number of anilines is 2. The van der Waals surface area contributed by atoms with Crippen LogP contribution in [0, 0.1) is 0 Å². The average Bonchev–Trinajstić information content (AvgIpc) is 2.79. The number of thioether (sulfide) groups is 1. The second kappa shape index (κ2) is 10.4. The van der Waals surface area contributed by atoms with Gasteiger partial charge in [-0.25, -0.2) is 0 Å². The van der Waals surface area contributed by atoms with Gasteiger partial charge in [0.25, 0.3) is 5.91 Å². The minimum Gasteiger partial charge on any atom is -0.494 e. The molecule has 0 radical (unpaired) electrons. The van der Waals surface area contributed by atoms with Crippen LogP contribution in [0.2, 0.25) is 0 Å². The first kappa shape index (κ1) is 21.3. The van der Waals surface area contributed by atoms with E-state index in [1.165, 1.54) is 26.0 Å². The average molecular weight is 423 g/mol. The summed E-state index contributed by atoms with van der Waals surface area (Å²) in [5, 5.41) is 5.66. The molecule has 2 amide bonds. The predicted octanol–water partition coefficient (Wildman–Crippen LogP) is 4.69. The quantitative estimate of drug-likeness (QED) is 0.515. The Balaban J connectivity index is 1.74. The number of nitrogens with one attached hydrogen (secondary N) is 2. The molecule has 6 nitrogen and oxygen atoms in total. The highest BCUT2D eigenvalue weighted by Crippen LogP contribution is 2.36. The van der Waals surface area contributed by atoms with Crippen LogP contribution in [0.15, 0.2) is 77.7 Å². The molecule has 0 spiro atoms. The van der Waals surface area contributed by atoms with Gasteiger partial charge in [-0.2, -0.15) is 0 Å². The van der Waals surface area contributed by atoms with Gasteiger partial charge >= 0.3 is 0 Å². The number of benzene rings is 3. The van der Waals surface area contributed by atoms with Gasteiger partial charge in [0, 0.05) is 22.6 Å². The summed E-state index contributed by atoms with van der Waals surface area (Å²) in [5.74, 6) is 0.628. The van der Waals surface area contributed by atoms with Crippen molar-refractivity contribution in [3.05, 3.63) is 78.4 Å². The lowest BCUT2D eigenvalue weighted by molar-refractivity contribution is -0.113. The van der Waals surface area contributed by atoms with E-state index < -0.39 is 0 Å². The van der Waals surface area contributed by atoms with Crippen molar-refractivity contribution in [1.29, 1.82) is 0 Å². The van der Waals surface area contributed by atoms with Gasteiger partial charge in [-0.15, -0.1) is 11.8 Å². The summed E-state index contributed by atoms with van der Waals surface area (Å²) < 4.78 is 10.8. The third-order valence-electron chi connectivity index (χ3n) is 4.19. The summed E-state index contributed by atoms with van der Waals surface area (Å²) in [4.78, 5) is 25.9. The number of carbonyl (C=O) groups is 2. The fourth-order valence-corrected chi connectivity index (χ4v) is 3.45. The largest absolute Gasteiger partial charge is 0.494 e. The van der Waals surface area contributed by atoms with Gasteiger partial charge in [0.2, 0.25) is 5.91 Å². The summed E-state index contributed by atoms with van der Waals surface area (Å²) in [6.45, 7) is 0. The van der Waals surface area contributed by atoms with Crippen LogP contribution >= 0.6 is 11.8 Å². The lowest BCUT2D eigenvalue weighted by atomic mass is 10.2. The van der Waals surface area contributed by atoms with E-state index in [1.54, 1.807) is 36.4 Å². The molecule has 3 rings (SSSR count). The zero-order chi connectivity index (χ0) is 21.3. The molecule has 0 unspecified atom stereocenters. The maximum Gasteiger partial charge on any atom is 0.255 e. The van der Waals surface area contributed by atoms with Crippen molar-refractivity contribution in [2.45, 2.75) is 4.90 Å². The fourth-order valence-electron chi connectivity index (χ4n) is 2.73. The molecule has 0 heterocycles. The minimum atomic E-state index is -0.271. The molecular weight excluding hydrogens is 400 g/mol. The van der Waals surface area contributed by atoms with E-state index in [4.69, 9.17) is 9.47 Å². The third-order valence-corrected chi connectivity index (χ3v) is 5.21. The molecule has 154 valence electrons. The zero-order valence-electron chi connectivity index (χ0n) is 16.7. The molecule has 0 saturated carbocycles. The molecule has 30 heavy (non-hydrogen) atoms. The first-order valence-corrected chi connectivity index (χ1v) is 10.2. The van der Waals surface area contributed by atoms with Crippen LogP contribution in [0.4, 0.5) is 11.4 Å². The lowest BCUT2D eigenvalue weighted by Gasteiger charge is -2.16. The lowest BCUT2D eigenvalue weighted by Crippen LogP contribution is -2.16. The second-order valence-electron chi connectivity index (χ2n) is 6.22. The Morgan fingerprint density at radius 2 is 1.33 bits per heavy atom. The van der Waals surface area contributed by atoms with E-state index in [9.17, 15) is 9.59 Å². The highest BCUT2D eigenvalue weighted by atomic mass is 32.2. The first-order valence-electron chi connectivity index (χ1n) is 9.21. The SMILES string of the molecule is COc1cc(NC(=O)c2ccccc2)c(OC)cc1NC(=O)CSc1ccccc1. The summed E-state index contributed by atoms with van der Waals surface area (Å²) >= 11 is 1.44. The number of rotatable bonds is 8. The van der Waals surface area contributed by atoms with Crippen molar-refractivity contribution >= 4 is 35.0 Å². The number of methoxy groups -OCH3 is 2.